The summed E-state index contributed by atoms with van der Waals surface area (Å²) in [6.45, 7) is 4.60. The van der Waals surface area contributed by atoms with Crippen LogP contribution in [-0.4, -0.2) is 33.7 Å². The number of pyridine rings is 1. The standard InChI is InChI=1S/C18H17N3O7/c1-4-27-15-7-11(12-5-9(2)20-17(22)13(12)8-19)6-14(21(25)26)16(15)28-10(3)18(23)24/h5-7,10H,4H2,1-3H3,(H,20,22)(H,23,24). The first-order valence-electron chi connectivity index (χ1n) is 8.18. The Morgan fingerprint density at radius 1 is 1.43 bits per heavy atom. The van der Waals surface area contributed by atoms with Gasteiger partial charge in [-0.3, -0.25) is 14.9 Å². The minimum atomic E-state index is -1.36. The van der Waals surface area contributed by atoms with Crippen molar-refractivity contribution in [2.45, 2.75) is 26.9 Å². The lowest BCUT2D eigenvalue weighted by molar-refractivity contribution is -0.386. The van der Waals surface area contributed by atoms with E-state index in [0.29, 0.717) is 5.69 Å². The first-order chi connectivity index (χ1) is 13.2. The lowest BCUT2D eigenvalue weighted by atomic mass is 9.99. The van der Waals surface area contributed by atoms with Gasteiger partial charge in [-0.2, -0.15) is 5.26 Å². The van der Waals surface area contributed by atoms with Gasteiger partial charge in [-0.15, -0.1) is 0 Å². The van der Waals surface area contributed by atoms with E-state index in [9.17, 15) is 25.0 Å². The molecule has 0 radical (unpaired) electrons. The van der Waals surface area contributed by atoms with Crippen LogP contribution in [0, 0.1) is 28.4 Å². The van der Waals surface area contributed by atoms with Crippen LogP contribution in [0.5, 0.6) is 11.5 Å². The molecule has 0 bridgehead atoms. The van der Waals surface area contributed by atoms with Gasteiger partial charge in [0.15, 0.2) is 11.9 Å². The van der Waals surface area contributed by atoms with Crippen LogP contribution in [0.3, 0.4) is 0 Å². The van der Waals surface area contributed by atoms with Crippen LogP contribution in [-0.2, 0) is 4.79 Å². The maximum Gasteiger partial charge on any atom is 0.344 e. The van der Waals surface area contributed by atoms with Crippen molar-refractivity contribution in [1.29, 1.82) is 5.26 Å². The number of carboxylic acid groups (broad SMARTS) is 1. The van der Waals surface area contributed by atoms with Crippen LogP contribution in [0.25, 0.3) is 11.1 Å². The number of nitro groups is 1. The van der Waals surface area contributed by atoms with Gasteiger partial charge in [0, 0.05) is 17.3 Å². The Morgan fingerprint density at radius 3 is 2.64 bits per heavy atom. The number of carbonyl (C=O) groups is 1. The van der Waals surface area contributed by atoms with Gasteiger partial charge in [0.25, 0.3) is 5.56 Å². The molecule has 0 aliphatic heterocycles. The molecule has 1 heterocycles. The largest absolute Gasteiger partial charge is 0.490 e. The molecule has 1 aromatic carbocycles. The second-order valence-corrected chi connectivity index (χ2v) is 5.79. The summed E-state index contributed by atoms with van der Waals surface area (Å²) in [6, 6.07) is 5.78. The number of nitro benzene ring substituents is 1. The quantitative estimate of drug-likeness (QED) is 0.542. The molecule has 10 heteroatoms. The van der Waals surface area contributed by atoms with E-state index in [-0.39, 0.29) is 34.8 Å². The molecule has 0 saturated carbocycles. The fourth-order valence-corrected chi connectivity index (χ4v) is 2.51. The molecule has 2 rings (SSSR count). The third kappa shape index (κ3) is 4.09. The van der Waals surface area contributed by atoms with Crippen LogP contribution in [0.1, 0.15) is 25.1 Å². The average Bonchev–Trinajstić information content (AvgIpc) is 2.62. The summed E-state index contributed by atoms with van der Waals surface area (Å²) < 4.78 is 10.7. The third-order valence-electron chi connectivity index (χ3n) is 3.76. The number of hydrogen-bond acceptors (Lipinski definition) is 7. The van der Waals surface area contributed by atoms with E-state index < -0.39 is 28.2 Å². The first-order valence-corrected chi connectivity index (χ1v) is 8.18. The minimum Gasteiger partial charge on any atom is -0.490 e. The summed E-state index contributed by atoms with van der Waals surface area (Å²) in [5, 5.41) is 29.9. The SMILES string of the molecule is CCOc1cc(-c2cc(C)[nH]c(=O)c2C#N)cc([N+](=O)[O-])c1OC(C)C(=O)O. The average molecular weight is 387 g/mol. The summed E-state index contributed by atoms with van der Waals surface area (Å²) in [5.41, 5.74) is -0.551. The first kappa shape index (κ1) is 20.4. The molecule has 0 fully saturated rings. The van der Waals surface area contributed by atoms with Crippen LogP contribution in [0.15, 0.2) is 23.0 Å². The predicted molar refractivity (Wildman–Crippen MR) is 97.5 cm³/mol. The zero-order valence-electron chi connectivity index (χ0n) is 15.3. The van der Waals surface area contributed by atoms with Gasteiger partial charge < -0.3 is 19.6 Å². The van der Waals surface area contributed by atoms with Crippen molar-refractivity contribution in [2.75, 3.05) is 6.61 Å². The molecule has 1 unspecified atom stereocenters. The van der Waals surface area contributed by atoms with Crippen LogP contribution >= 0.6 is 0 Å². The van der Waals surface area contributed by atoms with Gasteiger partial charge in [-0.25, -0.2) is 4.79 Å². The Bertz CT molecular complexity index is 1040. The number of carboxylic acids is 1. The van der Waals surface area contributed by atoms with E-state index >= 15 is 0 Å². The number of nitriles is 1. The highest BCUT2D eigenvalue weighted by molar-refractivity contribution is 5.78. The molecule has 0 aliphatic rings. The highest BCUT2D eigenvalue weighted by Crippen LogP contribution is 2.42. The Labute approximate surface area is 159 Å². The molecule has 28 heavy (non-hydrogen) atoms. The molecular weight excluding hydrogens is 370 g/mol. The van der Waals surface area contributed by atoms with Crippen molar-refractivity contribution < 1.29 is 24.3 Å². The second kappa shape index (κ2) is 8.22. The van der Waals surface area contributed by atoms with Crippen LogP contribution in [0.4, 0.5) is 5.69 Å². The van der Waals surface area contributed by atoms with E-state index in [0.717, 1.165) is 6.07 Å². The number of hydrogen-bond donors (Lipinski definition) is 2. The van der Waals surface area contributed by atoms with Gasteiger partial charge in [-0.1, -0.05) is 0 Å². The Hall–Kier alpha value is -3.87. The number of aliphatic carboxylic acids is 1. The molecule has 10 nitrogen and oxygen atoms in total. The summed E-state index contributed by atoms with van der Waals surface area (Å²) >= 11 is 0. The van der Waals surface area contributed by atoms with E-state index in [1.54, 1.807) is 19.9 Å². The van der Waals surface area contributed by atoms with E-state index in [2.05, 4.69) is 4.98 Å². The van der Waals surface area contributed by atoms with Gasteiger partial charge in [0.1, 0.15) is 11.6 Å². The summed E-state index contributed by atoms with van der Waals surface area (Å²) in [5.74, 6) is -1.72. The van der Waals surface area contributed by atoms with E-state index in [1.807, 2.05) is 0 Å². The number of aromatic nitrogens is 1. The molecule has 146 valence electrons. The number of ether oxygens (including phenoxy) is 2. The Morgan fingerprint density at radius 2 is 2.11 bits per heavy atom. The fourth-order valence-electron chi connectivity index (χ4n) is 2.51. The lowest BCUT2D eigenvalue weighted by Crippen LogP contribution is -2.23. The van der Waals surface area contributed by atoms with E-state index in [4.69, 9.17) is 14.6 Å². The van der Waals surface area contributed by atoms with Gasteiger partial charge >= 0.3 is 11.7 Å². The number of benzene rings is 1. The normalized spacial score (nSPS) is 11.4. The lowest BCUT2D eigenvalue weighted by Gasteiger charge is -2.16. The summed E-state index contributed by atoms with van der Waals surface area (Å²) in [7, 11) is 0. The number of nitrogens with one attached hydrogen (secondary N) is 1. The molecule has 0 aliphatic carbocycles. The Balaban J connectivity index is 2.80. The number of aryl methyl sites for hydroxylation is 1. The molecular formula is C18H17N3O7. The summed E-state index contributed by atoms with van der Waals surface area (Å²) in [4.78, 5) is 36.5. The van der Waals surface area contributed by atoms with Gasteiger partial charge in [0.05, 0.1) is 11.5 Å². The number of aromatic amines is 1. The highest BCUT2D eigenvalue weighted by Gasteiger charge is 2.27. The maximum absolute atomic E-state index is 12.0. The number of H-pyrrole nitrogens is 1. The minimum absolute atomic E-state index is 0.0679. The van der Waals surface area contributed by atoms with Crippen molar-refractivity contribution >= 4 is 11.7 Å². The monoisotopic (exact) mass is 387 g/mol. The second-order valence-electron chi connectivity index (χ2n) is 5.79. The zero-order chi connectivity index (χ0) is 21.0. The highest BCUT2D eigenvalue weighted by atomic mass is 16.6. The molecule has 0 saturated heterocycles. The van der Waals surface area contributed by atoms with Crippen molar-refractivity contribution in [3.8, 4) is 28.7 Å². The van der Waals surface area contributed by atoms with Crippen molar-refractivity contribution in [3.05, 3.63) is 49.9 Å². The molecule has 2 aromatic rings. The van der Waals surface area contributed by atoms with Crippen molar-refractivity contribution in [1.82, 2.24) is 4.98 Å². The van der Waals surface area contributed by atoms with E-state index in [1.165, 1.54) is 19.1 Å². The van der Waals surface area contributed by atoms with Crippen molar-refractivity contribution in [3.63, 3.8) is 0 Å². The van der Waals surface area contributed by atoms with Crippen LogP contribution < -0.4 is 15.0 Å². The third-order valence-corrected chi connectivity index (χ3v) is 3.76. The van der Waals surface area contributed by atoms with Crippen molar-refractivity contribution in [2.24, 2.45) is 0 Å². The van der Waals surface area contributed by atoms with Gasteiger partial charge in [-0.05, 0) is 38.5 Å². The zero-order valence-corrected chi connectivity index (χ0v) is 15.3. The molecule has 0 spiro atoms. The molecule has 2 N–H and O–H groups in total. The fraction of sp³-hybridized carbons (Fsp3) is 0.278. The van der Waals surface area contributed by atoms with Gasteiger partial charge in [0.2, 0.25) is 5.75 Å². The molecule has 1 atom stereocenters. The summed E-state index contributed by atoms with van der Waals surface area (Å²) in [6.07, 6.45) is -1.36. The molecule has 0 amide bonds. The number of nitrogens with zero attached hydrogens (tertiary/aromatic N) is 2. The number of rotatable bonds is 7. The topological polar surface area (TPSA) is 156 Å². The maximum atomic E-state index is 12.0. The van der Waals surface area contributed by atoms with Crippen LogP contribution in [0.2, 0.25) is 0 Å². The smallest absolute Gasteiger partial charge is 0.344 e. The predicted octanol–water partition coefficient (Wildman–Crippen LogP) is 2.38. The Kier molecular flexibility index (Phi) is 6.00. The molecule has 1 aromatic heterocycles.